The molecular weight excluding hydrogens is 583 g/mol. The lowest BCUT2D eigenvalue weighted by Gasteiger charge is -2.42. The molecule has 0 saturated heterocycles. The normalized spacial score (nSPS) is 13.0. The van der Waals surface area contributed by atoms with E-state index in [9.17, 15) is 4.79 Å². The molecular formula is C46H35NO. The number of nitrogens with zero attached hydrogens (tertiary/aromatic N) is 1. The second-order valence-electron chi connectivity index (χ2n) is 13.0. The van der Waals surface area contributed by atoms with Crippen molar-refractivity contribution in [1.29, 1.82) is 0 Å². The Hall–Kier alpha value is -5.99. The third-order valence-electron chi connectivity index (χ3n) is 9.65. The number of carbonyl (C=O) groups is 1. The van der Waals surface area contributed by atoms with Crippen molar-refractivity contribution in [1.82, 2.24) is 0 Å². The number of rotatable bonds is 6. The van der Waals surface area contributed by atoms with Crippen molar-refractivity contribution in [3.05, 3.63) is 198 Å². The molecule has 0 atom stereocenters. The van der Waals surface area contributed by atoms with Crippen LogP contribution in [0.3, 0.4) is 0 Å². The number of carbonyl (C=O) groups excluding carboxylic acids is 1. The average molecular weight is 618 g/mol. The Morgan fingerprint density at radius 2 is 0.938 bits per heavy atom. The van der Waals surface area contributed by atoms with Gasteiger partial charge in [-0.15, -0.1) is 0 Å². The summed E-state index contributed by atoms with van der Waals surface area (Å²) in [4.78, 5) is 16.0. The van der Waals surface area contributed by atoms with E-state index in [0.717, 1.165) is 33.5 Å². The van der Waals surface area contributed by atoms with Gasteiger partial charge in [-0.1, -0.05) is 147 Å². The van der Waals surface area contributed by atoms with Gasteiger partial charge in [-0.25, -0.2) is 0 Å². The number of fused-ring (bicyclic) bond motifs is 2. The summed E-state index contributed by atoms with van der Waals surface area (Å²) in [6.07, 6.45) is 0. The fraction of sp³-hybridized carbons (Fsp3) is 0.0652. The van der Waals surface area contributed by atoms with Gasteiger partial charge in [-0.05, 0) is 87.0 Å². The van der Waals surface area contributed by atoms with Crippen LogP contribution in [0.4, 0.5) is 17.1 Å². The van der Waals surface area contributed by atoms with E-state index in [1.807, 2.05) is 60.7 Å². The van der Waals surface area contributed by atoms with Gasteiger partial charge in [0.1, 0.15) is 0 Å². The fourth-order valence-corrected chi connectivity index (χ4v) is 7.07. The van der Waals surface area contributed by atoms with Gasteiger partial charge in [-0.3, -0.25) is 4.79 Å². The highest BCUT2D eigenvalue weighted by atomic mass is 16.1. The maximum absolute atomic E-state index is 13.6. The molecule has 0 N–H and O–H groups in total. The maximum Gasteiger partial charge on any atom is 0.193 e. The van der Waals surface area contributed by atoms with E-state index in [1.165, 1.54) is 28.1 Å². The minimum Gasteiger partial charge on any atom is -0.310 e. The quantitative estimate of drug-likeness (QED) is 0.173. The SMILES string of the molecule is CC1(C)c2ccccc2N(c2ccccc2)c2ccc(-c3cccc(-c4cccc(C(=O)c5ccc(-c6ccccc6)cc5)c4)c3)cc21. The van der Waals surface area contributed by atoms with Crippen LogP contribution in [0.15, 0.2) is 176 Å². The zero-order valence-corrected chi connectivity index (χ0v) is 27.1. The second kappa shape index (κ2) is 12.0. The van der Waals surface area contributed by atoms with Crippen LogP contribution in [0.2, 0.25) is 0 Å². The minimum absolute atomic E-state index is 0.0211. The molecule has 0 radical (unpaired) electrons. The summed E-state index contributed by atoms with van der Waals surface area (Å²) in [5.41, 5.74) is 14.0. The van der Waals surface area contributed by atoms with Crippen LogP contribution in [-0.4, -0.2) is 5.78 Å². The van der Waals surface area contributed by atoms with E-state index in [4.69, 9.17) is 0 Å². The van der Waals surface area contributed by atoms with Gasteiger partial charge in [0, 0.05) is 22.2 Å². The Bertz CT molecular complexity index is 2270. The molecule has 0 unspecified atom stereocenters. The number of anilines is 3. The predicted molar refractivity (Wildman–Crippen MR) is 199 cm³/mol. The molecule has 48 heavy (non-hydrogen) atoms. The largest absolute Gasteiger partial charge is 0.310 e. The number of hydrogen-bond donors (Lipinski definition) is 0. The standard InChI is InChI=1S/C46H35NO/c1-46(2)41-21-9-10-22-43(41)47(40-19-7-4-8-20-40)44-28-27-38(31-42(44)46)36-16-11-15-35(29-36)37-17-12-18-39(30-37)45(48)34-25-23-33(24-26-34)32-13-5-3-6-14-32/h3-31H,1-2H3. The average Bonchev–Trinajstić information content (AvgIpc) is 3.15. The first-order chi connectivity index (χ1) is 23.5. The summed E-state index contributed by atoms with van der Waals surface area (Å²) in [7, 11) is 0. The fourth-order valence-electron chi connectivity index (χ4n) is 7.07. The molecule has 8 rings (SSSR count). The van der Waals surface area contributed by atoms with Gasteiger partial charge >= 0.3 is 0 Å². The summed E-state index contributed by atoms with van der Waals surface area (Å²) in [5.74, 6) is 0.0211. The van der Waals surface area contributed by atoms with Gasteiger partial charge in [-0.2, -0.15) is 0 Å². The zero-order chi connectivity index (χ0) is 32.7. The van der Waals surface area contributed by atoms with Gasteiger partial charge in [0.05, 0.1) is 11.4 Å². The molecule has 1 aliphatic rings. The van der Waals surface area contributed by atoms with Gasteiger partial charge in [0.2, 0.25) is 0 Å². The van der Waals surface area contributed by atoms with Crippen molar-refractivity contribution in [2.75, 3.05) is 4.90 Å². The van der Waals surface area contributed by atoms with Gasteiger partial charge < -0.3 is 4.90 Å². The summed E-state index contributed by atoms with van der Waals surface area (Å²) in [6, 6.07) is 61.0. The summed E-state index contributed by atoms with van der Waals surface area (Å²) in [5, 5.41) is 0. The van der Waals surface area contributed by atoms with E-state index < -0.39 is 0 Å². The molecule has 0 spiro atoms. The van der Waals surface area contributed by atoms with E-state index in [-0.39, 0.29) is 11.2 Å². The van der Waals surface area contributed by atoms with Crippen LogP contribution in [-0.2, 0) is 5.41 Å². The number of hydrogen-bond acceptors (Lipinski definition) is 2. The third-order valence-corrected chi connectivity index (χ3v) is 9.65. The molecule has 0 saturated carbocycles. The monoisotopic (exact) mass is 617 g/mol. The highest BCUT2D eigenvalue weighted by Gasteiger charge is 2.36. The van der Waals surface area contributed by atoms with E-state index >= 15 is 0 Å². The Morgan fingerprint density at radius 3 is 1.67 bits per heavy atom. The van der Waals surface area contributed by atoms with Crippen molar-refractivity contribution < 1.29 is 4.79 Å². The molecule has 1 aliphatic heterocycles. The van der Waals surface area contributed by atoms with Crippen molar-refractivity contribution >= 4 is 22.8 Å². The maximum atomic E-state index is 13.6. The number of para-hydroxylation sites is 2. The molecule has 0 fully saturated rings. The minimum atomic E-state index is -0.182. The van der Waals surface area contributed by atoms with E-state index in [2.05, 4.69) is 134 Å². The first-order valence-electron chi connectivity index (χ1n) is 16.5. The highest BCUT2D eigenvalue weighted by Crippen LogP contribution is 2.52. The van der Waals surface area contributed by atoms with Crippen LogP contribution < -0.4 is 4.90 Å². The summed E-state index contributed by atoms with van der Waals surface area (Å²) >= 11 is 0. The molecule has 230 valence electrons. The molecule has 0 bridgehead atoms. The van der Waals surface area contributed by atoms with Crippen molar-refractivity contribution in [2.45, 2.75) is 19.3 Å². The molecule has 1 heterocycles. The van der Waals surface area contributed by atoms with Crippen LogP contribution in [0.1, 0.15) is 40.9 Å². The van der Waals surface area contributed by atoms with Crippen LogP contribution in [0.5, 0.6) is 0 Å². The van der Waals surface area contributed by atoms with E-state index in [0.29, 0.717) is 11.1 Å². The van der Waals surface area contributed by atoms with Crippen molar-refractivity contribution in [3.8, 4) is 33.4 Å². The molecule has 7 aromatic carbocycles. The number of benzene rings is 7. The lowest BCUT2D eigenvalue weighted by Crippen LogP contribution is -2.30. The Labute approximate surface area is 282 Å². The summed E-state index contributed by atoms with van der Waals surface area (Å²) < 4.78 is 0. The lowest BCUT2D eigenvalue weighted by molar-refractivity contribution is 0.103. The molecule has 0 aromatic heterocycles. The highest BCUT2D eigenvalue weighted by molar-refractivity contribution is 6.09. The van der Waals surface area contributed by atoms with Crippen molar-refractivity contribution in [3.63, 3.8) is 0 Å². The van der Waals surface area contributed by atoms with Crippen LogP contribution >= 0.6 is 0 Å². The van der Waals surface area contributed by atoms with E-state index in [1.54, 1.807) is 0 Å². The smallest absolute Gasteiger partial charge is 0.193 e. The zero-order valence-electron chi connectivity index (χ0n) is 27.1. The van der Waals surface area contributed by atoms with Crippen molar-refractivity contribution in [2.24, 2.45) is 0 Å². The first kappa shape index (κ1) is 29.4. The Balaban J connectivity index is 1.12. The Morgan fingerprint density at radius 1 is 0.417 bits per heavy atom. The molecule has 0 aliphatic carbocycles. The molecule has 7 aromatic rings. The van der Waals surface area contributed by atoms with Gasteiger partial charge in [0.15, 0.2) is 5.78 Å². The summed E-state index contributed by atoms with van der Waals surface area (Å²) in [6.45, 7) is 4.65. The lowest BCUT2D eigenvalue weighted by atomic mass is 9.73. The molecule has 2 heteroatoms. The third kappa shape index (κ3) is 5.22. The topological polar surface area (TPSA) is 20.3 Å². The predicted octanol–water partition coefficient (Wildman–Crippen LogP) is 12.0. The first-order valence-corrected chi connectivity index (χ1v) is 16.5. The van der Waals surface area contributed by atoms with Crippen LogP contribution in [0, 0.1) is 0 Å². The molecule has 0 amide bonds. The van der Waals surface area contributed by atoms with Crippen LogP contribution in [0.25, 0.3) is 33.4 Å². The Kier molecular flexibility index (Phi) is 7.34. The molecule has 2 nitrogen and oxygen atoms in total. The van der Waals surface area contributed by atoms with Gasteiger partial charge in [0.25, 0.3) is 0 Å². The number of ketones is 1. The second-order valence-corrected chi connectivity index (χ2v) is 13.0.